The second kappa shape index (κ2) is 8.73. The highest BCUT2D eigenvalue weighted by molar-refractivity contribution is 7.86. The molecule has 0 saturated heterocycles. The lowest BCUT2D eigenvalue weighted by Crippen LogP contribution is -1.98. The van der Waals surface area contributed by atoms with Gasteiger partial charge in [-0.15, -0.1) is 0 Å². The number of rotatable bonds is 2. The summed E-state index contributed by atoms with van der Waals surface area (Å²) in [6.07, 6.45) is 6.27. The molecule has 0 aliphatic heterocycles. The molecule has 3 aromatic carbocycles. The van der Waals surface area contributed by atoms with Crippen LogP contribution >= 0.6 is 0 Å². The molecule has 8 heteroatoms. The van der Waals surface area contributed by atoms with Gasteiger partial charge in [-0.25, -0.2) is 4.99 Å². The topological polar surface area (TPSA) is 124 Å². The predicted molar refractivity (Wildman–Crippen MR) is 114 cm³/mol. The van der Waals surface area contributed by atoms with Crippen LogP contribution in [0.3, 0.4) is 0 Å². The fourth-order valence-electron chi connectivity index (χ4n) is 2.64. The third-order valence-electron chi connectivity index (χ3n) is 4.09. The third-order valence-corrected chi connectivity index (χ3v) is 4.97. The van der Waals surface area contributed by atoms with Gasteiger partial charge in [0.25, 0.3) is 10.1 Å². The summed E-state index contributed by atoms with van der Waals surface area (Å²) in [6.45, 7) is 0. The van der Waals surface area contributed by atoms with Crippen LogP contribution in [0.15, 0.2) is 94.9 Å². The Labute approximate surface area is 172 Å². The summed E-state index contributed by atoms with van der Waals surface area (Å²) in [5.41, 5.74) is 1.46. The summed E-state index contributed by atoms with van der Waals surface area (Å²) in [5.74, 6) is -0.237. The van der Waals surface area contributed by atoms with Crippen LogP contribution in [0.25, 0.3) is 10.8 Å². The number of fused-ring (bicyclic) bond motifs is 1. The molecule has 0 unspecified atom stereocenters. The van der Waals surface area contributed by atoms with Crippen molar-refractivity contribution in [3.05, 3.63) is 85.0 Å². The van der Waals surface area contributed by atoms with E-state index in [2.05, 4.69) is 4.99 Å². The van der Waals surface area contributed by atoms with E-state index in [1.165, 1.54) is 24.3 Å². The normalized spacial score (nSPS) is 13.1. The van der Waals surface area contributed by atoms with E-state index in [1.807, 2.05) is 0 Å². The van der Waals surface area contributed by atoms with Crippen molar-refractivity contribution < 1.29 is 28.0 Å². The number of phenolic OH excluding ortho intramolecular Hbond substituents is 2. The van der Waals surface area contributed by atoms with E-state index in [9.17, 15) is 18.3 Å². The molecule has 0 amide bonds. The van der Waals surface area contributed by atoms with Crippen LogP contribution in [-0.4, -0.2) is 34.7 Å². The molecular formula is C22H17NO6S. The molecule has 30 heavy (non-hydrogen) atoms. The highest BCUT2D eigenvalue weighted by Gasteiger charge is 2.16. The van der Waals surface area contributed by atoms with Crippen LogP contribution in [0.2, 0.25) is 0 Å². The second-order valence-electron chi connectivity index (χ2n) is 6.23. The van der Waals surface area contributed by atoms with E-state index in [1.54, 1.807) is 60.7 Å². The van der Waals surface area contributed by atoms with Crippen LogP contribution in [0.1, 0.15) is 0 Å². The lowest BCUT2D eigenvalue weighted by Gasteiger charge is -2.04. The lowest BCUT2D eigenvalue weighted by molar-refractivity contribution is -0.110. The van der Waals surface area contributed by atoms with Gasteiger partial charge in [0.05, 0.1) is 11.4 Å². The Morgan fingerprint density at radius 2 is 1.40 bits per heavy atom. The van der Waals surface area contributed by atoms with Gasteiger partial charge in [-0.2, -0.15) is 8.42 Å². The molecule has 0 aromatic heterocycles. The number of aromatic hydroxyl groups is 2. The first-order valence-electron chi connectivity index (χ1n) is 8.70. The van der Waals surface area contributed by atoms with Crippen molar-refractivity contribution in [3.8, 4) is 11.5 Å². The first kappa shape index (κ1) is 21.0. The van der Waals surface area contributed by atoms with Crippen molar-refractivity contribution in [1.82, 2.24) is 0 Å². The Bertz CT molecular complexity index is 1270. The summed E-state index contributed by atoms with van der Waals surface area (Å²) >= 11 is 0. The molecule has 0 fully saturated rings. The number of benzene rings is 3. The zero-order valence-electron chi connectivity index (χ0n) is 15.5. The fraction of sp³-hybridized carbons (Fsp3) is 0. The van der Waals surface area contributed by atoms with Crippen molar-refractivity contribution in [3.63, 3.8) is 0 Å². The molecule has 3 aromatic rings. The monoisotopic (exact) mass is 423 g/mol. The first-order chi connectivity index (χ1) is 14.2. The summed E-state index contributed by atoms with van der Waals surface area (Å²) in [5, 5.41) is 19.8. The second-order valence-corrected chi connectivity index (χ2v) is 7.62. The maximum atomic E-state index is 10.9. The molecule has 4 rings (SSSR count). The number of aliphatic imine (C=N–C) groups is 1. The van der Waals surface area contributed by atoms with Crippen LogP contribution in [0.5, 0.6) is 11.5 Å². The quantitative estimate of drug-likeness (QED) is 0.423. The Kier molecular flexibility index (Phi) is 6.10. The number of ketones is 1. The molecule has 1 aliphatic carbocycles. The Hall–Kier alpha value is -3.75. The van der Waals surface area contributed by atoms with Gasteiger partial charge >= 0.3 is 0 Å². The number of allylic oxidation sites excluding steroid dienone is 4. The van der Waals surface area contributed by atoms with Crippen molar-refractivity contribution in [2.45, 2.75) is 4.90 Å². The Morgan fingerprint density at radius 1 is 0.767 bits per heavy atom. The van der Waals surface area contributed by atoms with Crippen molar-refractivity contribution in [2.75, 3.05) is 0 Å². The maximum Gasteiger partial charge on any atom is 0.298 e. The molecule has 0 radical (unpaired) electrons. The largest absolute Gasteiger partial charge is 0.508 e. The van der Waals surface area contributed by atoms with Gasteiger partial charge in [-0.1, -0.05) is 30.3 Å². The Balaban J connectivity index is 0.000000171. The fourth-order valence-corrected chi connectivity index (χ4v) is 3.23. The summed E-state index contributed by atoms with van der Waals surface area (Å²) in [4.78, 5) is 14.6. The van der Waals surface area contributed by atoms with Gasteiger partial charge in [0.2, 0.25) is 0 Å². The number of hydrogen-bond acceptors (Lipinski definition) is 6. The van der Waals surface area contributed by atoms with Gasteiger partial charge in [0.1, 0.15) is 16.4 Å². The van der Waals surface area contributed by atoms with E-state index in [-0.39, 0.29) is 11.5 Å². The number of nitrogens with zero attached hydrogens (tertiary/aromatic N) is 1. The van der Waals surface area contributed by atoms with Gasteiger partial charge in [0.15, 0.2) is 5.78 Å². The van der Waals surface area contributed by atoms with E-state index in [0.29, 0.717) is 10.8 Å². The average molecular weight is 423 g/mol. The highest BCUT2D eigenvalue weighted by Crippen LogP contribution is 2.31. The van der Waals surface area contributed by atoms with E-state index >= 15 is 0 Å². The molecule has 0 heterocycles. The zero-order chi connectivity index (χ0) is 21.7. The van der Waals surface area contributed by atoms with Crippen LogP contribution in [-0.2, 0) is 14.9 Å². The minimum Gasteiger partial charge on any atom is -0.508 e. The maximum absolute atomic E-state index is 10.9. The molecule has 152 valence electrons. The minimum atomic E-state index is -4.37. The molecule has 3 N–H and O–H groups in total. The zero-order valence-corrected chi connectivity index (χ0v) is 16.3. The molecule has 0 spiro atoms. The number of carbonyl (C=O) groups excluding carboxylic acids is 1. The van der Waals surface area contributed by atoms with Crippen LogP contribution < -0.4 is 0 Å². The van der Waals surface area contributed by atoms with Crippen molar-refractivity contribution in [1.29, 1.82) is 0 Å². The molecular weight excluding hydrogens is 406 g/mol. The first-order valence-corrected chi connectivity index (χ1v) is 10.1. The summed E-state index contributed by atoms with van der Waals surface area (Å²) < 4.78 is 30.6. The van der Waals surface area contributed by atoms with Gasteiger partial charge in [-0.05, 0) is 60.0 Å². The van der Waals surface area contributed by atoms with Crippen LogP contribution in [0, 0.1) is 0 Å². The molecule has 0 bridgehead atoms. The van der Waals surface area contributed by atoms with Crippen LogP contribution in [0.4, 0.5) is 5.69 Å². The number of carbonyl (C=O) groups is 1. The average Bonchev–Trinajstić information content (AvgIpc) is 2.71. The minimum absolute atomic E-state index is 0.0281. The van der Waals surface area contributed by atoms with E-state index < -0.39 is 20.8 Å². The van der Waals surface area contributed by atoms with Crippen molar-refractivity contribution in [2.24, 2.45) is 4.99 Å². The highest BCUT2D eigenvalue weighted by atomic mass is 32.2. The molecule has 7 nitrogen and oxygen atoms in total. The summed E-state index contributed by atoms with van der Waals surface area (Å²) in [7, 11) is -4.37. The van der Waals surface area contributed by atoms with Crippen molar-refractivity contribution >= 4 is 38.1 Å². The third kappa shape index (κ3) is 5.19. The molecule has 0 saturated carbocycles. The molecule has 0 atom stereocenters. The smallest absolute Gasteiger partial charge is 0.298 e. The lowest BCUT2D eigenvalue weighted by atomic mass is 10.1. The summed E-state index contributed by atoms with van der Waals surface area (Å²) in [6, 6.07) is 16.0. The Morgan fingerprint density at radius 3 is 2.03 bits per heavy atom. The molecule has 1 aliphatic rings. The van der Waals surface area contributed by atoms with E-state index in [0.717, 1.165) is 11.4 Å². The standard InChI is InChI=1S/C12H9NO2.C10H8O4S/c14-11-5-1-9(2-6-11)13-10-3-7-12(15)8-4-10;11-10-8-4-2-1-3-7(8)5-6-9(10)15(12,13)14/h1-8,14H;1-6,11H,(H,12,13,14). The predicted octanol–water partition coefficient (Wildman–Crippen LogP) is 3.95. The SMILES string of the molecule is O=C1C=CC(=Nc2ccc(O)cc2)C=C1.O=S(=O)(O)c1ccc2ccccc2c1O. The number of phenols is 2. The van der Waals surface area contributed by atoms with E-state index in [4.69, 9.17) is 9.66 Å². The van der Waals surface area contributed by atoms with Gasteiger partial charge in [0, 0.05) is 5.39 Å². The van der Waals surface area contributed by atoms with Gasteiger partial charge < -0.3 is 10.2 Å². The number of hydrogen-bond donors (Lipinski definition) is 3. The van der Waals surface area contributed by atoms with Gasteiger partial charge in [-0.3, -0.25) is 9.35 Å².